The molecule has 2 rings (SSSR count). The smallest absolute Gasteiger partial charge is 0.208 e. The van der Waals surface area contributed by atoms with Crippen LogP contribution in [-0.4, -0.2) is 22.9 Å². The van der Waals surface area contributed by atoms with Gasteiger partial charge in [-0.3, -0.25) is 0 Å². The molecule has 1 heterocycles. The zero-order valence-electron chi connectivity index (χ0n) is 7.12. The molecule has 0 unspecified atom stereocenters. The van der Waals surface area contributed by atoms with E-state index in [1.54, 1.807) is 0 Å². The Kier molecular flexibility index (Phi) is 1.70. The van der Waals surface area contributed by atoms with Gasteiger partial charge in [0.05, 0.1) is 13.0 Å². The molecule has 0 saturated carbocycles. The summed E-state index contributed by atoms with van der Waals surface area (Å²) in [5, 5.41) is 8.91. The molecular weight excluding hydrogens is 150 g/mol. The predicted octanol–water partition coefficient (Wildman–Crippen LogP) is 1.08. The number of hydrogen-bond donors (Lipinski definition) is 1. The zero-order chi connectivity index (χ0) is 8.55. The molecule has 1 aromatic rings. The van der Waals surface area contributed by atoms with Gasteiger partial charge in [0.1, 0.15) is 13.3 Å². The lowest BCUT2D eigenvalue weighted by atomic mass is 10.1. The molecule has 0 bridgehead atoms. The quantitative estimate of drug-likeness (QED) is 0.614. The molecule has 1 aromatic carbocycles. The average molecular weight is 162 g/mol. The molecule has 62 valence electrons. The molecule has 1 N–H and O–H groups in total. The number of fused-ring (bicyclic) bond motifs is 1. The first kappa shape index (κ1) is 7.50. The Bertz CT molecular complexity index is 342. The second kappa shape index (κ2) is 2.72. The van der Waals surface area contributed by atoms with Crippen molar-refractivity contribution >= 4 is 11.9 Å². The molecule has 1 aliphatic rings. The monoisotopic (exact) mass is 162 g/mol. The minimum atomic E-state index is 0.136. The Hall–Kier alpha value is -1.15. The summed E-state index contributed by atoms with van der Waals surface area (Å²) < 4.78 is 2.12. The first-order chi connectivity index (χ1) is 5.81. The van der Waals surface area contributed by atoms with Crippen molar-refractivity contribution in [3.8, 4) is 0 Å². The summed E-state index contributed by atoms with van der Waals surface area (Å²) in [6, 6.07) is 6.09. The lowest BCUT2D eigenvalue weighted by Gasteiger charge is -1.98. The van der Waals surface area contributed by atoms with E-state index in [0.717, 1.165) is 12.0 Å². The van der Waals surface area contributed by atoms with E-state index in [4.69, 9.17) is 5.11 Å². The van der Waals surface area contributed by atoms with Crippen LogP contribution in [0.2, 0.25) is 0 Å². The van der Waals surface area contributed by atoms with Crippen LogP contribution in [0, 0.1) is 0 Å². The van der Waals surface area contributed by atoms with Crippen molar-refractivity contribution in [2.45, 2.75) is 13.0 Å². The molecule has 0 radical (unpaired) electrons. The number of nitrogens with zero attached hydrogens (tertiary/aromatic N) is 1. The maximum Gasteiger partial charge on any atom is 0.208 e. The number of rotatable bonds is 1. The lowest BCUT2D eigenvalue weighted by molar-refractivity contribution is -0.396. The summed E-state index contributed by atoms with van der Waals surface area (Å²) in [6.07, 6.45) is 3.13. The van der Waals surface area contributed by atoms with Crippen LogP contribution in [-0.2, 0) is 13.0 Å². The molecule has 0 saturated heterocycles. The summed E-state index contributed by atoms with van der Waals surface area (Å²) in [4.78, 5) is 0. The molecule has 0 aliphatic carbocycles. The zero-order valence-corrected chi connectivity index (χ0v) is 7.12. The van der Waals surface area contributed by atoms with Crippen LogP contribution >= 0.6 is 0 Å². The van der Waals surface area contributed by atoms with Crippen molar-refractivity contribution in [2.75, 3.05) is 7.05 Å². The van der Waals surface area contributed by atoms with Crippen molar-refractivity contribution in [1.29, 1.82) is 0 Å². The third kappa shape index (κ3) is 1.04. The minimum Gasteiger partial charge on any atom is -0.392 e. The number of aliphatic hydroxyl groups is 1. The molecule has 0 fully saturated rings. The molecule has 0 atom stereocenters. The first-order valence-corrected chi connectivity index (χ1v) is 4.10. The predicted molar refractivity (Wildman–Crippen MR) is 48.0 cm³/mol. The Balaban J connectivity index is 2.46. The summed E-state index contributed by atoms with van der Waals surface area (Å²) in [7, 11) is 2.05. The van der Waals surface area contributed by atoms with Crippen LogP contribution in [0.25, 0.3) is 0 Å². The van der Waals surface area contributed by atoms with Crippen molar-refractivity contribution in [3.63, 3.8) is 0 Å². The molecule has 0 amide bonds. The Morgan fingerprint density at radius 1 is 1.50 bits per heavy atom. The second-order valence-corrected chi connectivity index (χ2v) is 3.12. The molecule has 0 aromatic heterocycles. The maximum absolute atomic E-state index is 8.91. The van der Waals surface area contributed by atoms with Crippen molar-refractivity contribution < 1.29 is 9.68 Å². The number of hydrogen-bond acceptors (Lipinski definition) is 1. The van der Waals surface area contributed by atoms with Gasteiger partial charge < -0.3 is 5.11 Å². The molecule has 2 nitrogen and oxygen atoms in total. The normalized spacial score (nSPS) is 14.3. The minimum absolute atomic E-state index is 0.136. The Morgan fingerprint density at radius 2 is 2.33 bits per heavy atom. The third-order valence-electron chi connectivity index (χ3n) is 2.29. The maximum atomic E-state index is 8.91. The fourth-order valence-electron chi connectivity index (χ4n) is 1.58. The molecule has 2 heteroatoms. The first-order valence-electron chi connectivity index (χ1n) is 4.10. The van der Waals surface area contributed by atoms with Crippen LogP contribution in [0.1, 0.15) is 11.1 Å². The van der Waals surface area contributed by atoms with Crippen LogP contribution in [0.4, 0.5) is 5.69 Å². The van der Waals surface area contributed by atoms with Gasteiger partial charge in [0, 0.05) is 11.6 Å². The van der Waals surface area contributed by atoms with Gasteiger partial charge >= 0.3 is 0 Å². The van der Waals surface area contributed by atoms with E-state index in [0.29, 0.717) is 0 Å². The number of benzene rings is 1. The Labute approximate surface area is 71.8 Å². The van der Waals surface area contributed by atoms with Crippen LogP contribution in [0.15, 0.2) is 18.2 Å². The van der Waals surface area contributed by atoms with Gasteiger partial charge in [0.2, 0.25) is 5.69 Å². The summed E-state index contributed by atoms with van der Waals surface area (Å²) >= 11 is 0. The van der Waals surface area contributed by atoms with Crippen LogP contribution < -0.4 is 0 Å². The highest BCUT2D eigenvalue weighted by Gasteiger charge is 2.17. The molecule has 1 aliphatic heterocycles. The van der Waals surface area contributed by atoms with E-state index in [1.165, 1.54) is 11.3 Å². The standard InChI is InChI=1S/C10H12NO/c1-11-5-4-9-6-8(7-12)2-3-10(9)11/h2-3,5-6,12H,4,7H2,1H3/q+1. The third-order valence-corrected chi connectivity index (χ3v) is 2.29. The van der Waals surface area contributed by atoms with Crippen molar-refractivity contribution in [1.82, 2.24) is 0 Å². The van der Waals surface area contributed by atoms with Crippen LogP contribution in [0.5, 0.6) is 0 Å². The van der Waals surface area contributed by atoms with Crippen LogP contribution in [0.3, 0.4) is 0 Å². The summed E-state index contributed by atoms with van der Waals surface area (Å²) in [5.74, 6) is 0. The van der Waals surface area contributed by atoms with Gasteiger partial charge in [0.15, 0.2) is 0 Å². The molecule has 0 spiro atoms. The van der Waals surface area contributed by atoms with E-state index in [-0.39, 0.29) is 6.61 Å². The van der Waals surface area contributed by atoms with Gasteiger partial charge in [0.25, 0.3) is 0 Å². The van der Waals surface area contributed by atoms with E-state index in [9.17, 15) is 0 Å². The van der Waals surface area contributed by atoms with E-state index >= 15 is 0 Å². The van der Waals surface area contributed by atoms with E-state index in [1.807, 2.05) is 13.1 Å². The highest BCUT2D eigenvalue weighted by Crippen LogP contribution is 2.23. The largest absolute Gasteiger partial charge is 0.392 e. The second-order valence-electron chi connectivity index (χ2n) is 3.12. The number of aliphatic hydroxyl groups excluding tert-OH is 1. The van der Waals surface area contributed by atoms with E-state index < -0.39 is 0 Å². The van der Waals surface area contributed by atoms with Gasteiger partial charge in [-0.05, 0) is 11.6 Å². The highest BCUT2D eigenvalue weighted by atomic mass is 16.3. The van der Waals surface area contributed by atoms with Gasteiger partial charge in [-0.2, -0.15) is 0 Å². The Morgan fingerprint density at radius 3 is 3.08 bits per heavy atom. The summed E-state index contributed by atoms with van der Waals surface area (Å²) in [6.45, 7) is 0.136. The highest BCUT2D eigenvalue weighted by molar-refractivity contribution is 5.67. The lowest BCUT2D eigenvalue weighted by Crippen LogP contribution is -1.92. The SMILES string of the molecule is C[N+]1=CCc2cc(CO)ccc21. The van der Waals surface area contributed by atoms with E-state index in [2.05, 4.69) is 22.9 Å². The van der Waals surface area contributed by atoms with Gasteiger partial charge in [-0.15, -0.1) is 0 Å². The fourth-order valence-corrected chi connectivity index (χ4v) is 1.58. The van der Waals surface area contributed by atoms with Gasteiger partial charge in [-0.1, -0.05) is 6.07 Å². The molecular formula is C10H12NO+. The average Bonchev–Trinajstić information content (AvgIpc) is 2.47. The summed E-state index contributed by atoms with van der Waals surface area (Å²) in [5.41, 5.74) is 3.56. The fraction of sp³-hybridized carbons (Fsp3) is 0.300. The topological polar surface area (TPSA) is 23.2 Å². The van der Waals surface area contributed by atoms with Gasteiger partial charge in [-0.25, -0.2) is 4.58 Å². The van der Waals surface area contributed by atoms with Crippen molar-refractivity contribution in [3.05, 3.63) is 29.3 Å². The van der Waals surface area contributed by atoms with Crippen molar-refractivity contribution in [2.24, 2.45) is 0 Å². The molecule has 12 heavy (non-hydrogen) atoms.